The van der Waals surface area contributed by atoms with Crippen molar-refractivity contribution in [2.45, 2.75) is 33.8 Å². The molecule has 1 aliphatic heterocycles. The number of nitrogens with two attached hydrogens (primary N) is 1. The van der Waals surface area contributed by atoms with Crippen molar-refractivity contribution in [3.63, 3.8) is 0 Å². The fraction of sp³-hybridized carbons (Fsp3) is 0.733. The summed E-state index contributed by atoms with van der Waals surface area (Å²) in [4.78, 5) is 13.0. The fourth-order valence-electron chi connectivity index (χ4n) is 2.41. The Kier molecular flexibility index (Phi) is 4.68. The van der Waals surface area contributed by atoms with Crippen LogP contribution < -0.4 is 10.6 Å². The zero-order chi connectivity index (χ0) is 15.6. The highest BCUT2D eigenvalue weighted by Crippen LogP contribution is 2.21. The molecule has 0 aromatic carbocycles. The standard InChI is InChI=1S/C15H27N5O/c1-11-9-13(18-14(16)17-11)20-7-5-19(6-8-20)10-12(21)15(2,3)4/h9,12,21H,5-8,10H2,1-4H3,(H2,16,17,18). The van der Waals surface area contributed by atoms with Gasteiger partial charge in [-0.05, 0) is 12.3 Å². The van der Waals surface area contributed by atoms with Crippen molar-refractivity contribution in [2.75, 3.05) is 43.4 Å². The van der Waals surface area contributed by atoms with Crippen LogP contribution in [0.3, 0.4) is 0 Å². The van der Waals surface area contributed by atoms with Gasteiger partial charge in [0, 0.05) is 44.5 Å². The number of piperazine rings is 1. The van der Waals surface area contributed by atoms with E-state index in [1.54, 1.807) is 0 Å². The van der Waals surface area contributed by atoms with Gasteiger partial charge in [-0.1, -0.05) is 20.8 Å². The molecule has 0 aliphatic carbocycles. The number of anilines is 2. The molecule has 1 fully saturated rings. The van der Waals surface area contributed by atoms with Crippen LogP contribution in [0.4, 0.5) is 11.8 Å². The normalized spacial score (nSPS) is 18.8. The maximum atomic E-state index is 10.2. The van der Waals surface area contributed by atoms with Crippen LogP contribution in [0.25, 0.3) is 0 Å². The number of nitrogens with zero attached hydrogens (tertiary/aromatic N) is 4. The molecule has 3 N–H and O–H groups in total. The number of nitrogen functional groups attached to an aromatic ring is 1. The van der Waals surface area contributed by atoms with E-state index in [1.807, 2.05) is 13.0 Å². The fourth-order valence-corrected chi connectivity index (χ4v) is 2.41. The van der Waals surface area contributed by atoms with Gasteiger partial charge in [0.1, 0.15) is 5.82 Å². The van der Waals surface area contributed by atoms with Crippen molar-refractivity contribution in [3.05, 3.63) is 11.8 Å². The Hall–Kier alpha value is -1.40. The average molecular weight is 293 g/mol. The second-order valence-corrected chi connectivity index (χ2v) is 6.90. The van der Waals surface area contributed by atoms with Crippen molar-refractivity contribution < 1.29 is 5.11 Å². The van der Waals surface area contributed by atoms with E-state index >= 15 is 0 Å². The zero-order valence-corrected chi connectivity index (χ0v) is 13.5. The molecule has 1 atom stereocenters. The van der Waals surface area contributed by atoms with Gasteiger partial charge in [-0.15, -0.1) is 0 Å². The lowest BCUT2D eigenvalue weighted by molar-refractivity contribution is 0.0269. The molecule has 1 saturated heterocycles. The van der Waals surface area contributed by atoms with Crippen molar-refractivity contribution in [2.24, 2.45) is 5.41 Å². The Morgan fingerprint density at radius 2 is 1.86 bits per heavy atom. The van der Waals surface area contributed by atoms with Crippen molar-refractivity contribution >= 4 is 11.8 Å². The highest BCUT2D eigenvalue weighted by atomic mass is 16.3. The molecule has 1 aromatic heterocycles. The first-order chi connectivity index (χ1) is 9.75. The number of aliphatic hydroxyl groups excluding tert-OH is 1. The molecule has 6 heteroatoms. The number of rotatable bonds is 3. The minimum absolute atomic E-state index is 0.0741. The summed E-state index contributed by atoms with van der Waals surface area (Å²) in [5, 5.41) is 10.2. The Bertz CT molecular complexity index is 457. The SMILES string of the molecule is Cc1cc(N2CCN(CC(O)C(C)(C)C)CC2)nc(N)n1. The van der Waals surface area contributed by atoms with Gasteiger partial charge in [0.05, 0.1) is 6.10 Å². The van der Waals surface area contributed by atoms with Gasteiger partial charge in [0.15, 0.2) is 0 Å². The van der Waals surface area contributed by atoms with Gasteiger partial charge in [0.25, 0.3) is 0 Å². The number of aliphatic hydroxyl groups is 1. The molecule has 0 radical (unpaired) electrons. The summed E-state index contributed by atoms with van der Waals surface area (Å²) in [6, 6.07) is 1.97. The van der Waals surface area contributed by atoms with Gasteiger partial charge >= 0.3 is 0 Å². The second-order valence-electron chi connectivity index (χ2n) is 6.90. The lowest BCUT2D eigenvalue weighted by Gasteiger charge is -2.38. The van der Waals surface area contributed by atoms with Crippen LogP contribution in [0.1, 0.15) is 26.5 Å². The highest BCUT2D eigenvalue weighted by molar-refractivity contribution is 5.43. The summed E-state index contributed by atoms with van der Waals surface area (Å²) >= 11 is 0. The number of hydrogen-bond donors (Lipinski definition) is 2. The summed E-state index contributed by atoms with van der Waals surface area (Å²) in [5.41, 5.74) is 6.53. The third kappa shape index (κ3) is 4.28. The van der Waals surface area contributed by atoms with Crippen LogP contribution in [0.2, 0.25) is 0 Å². The molecule has 2 heterocycles. The molecule has 118 valence electrons. The van der Waals surface area contributed by atoms with E-state index in [1.165, 1.54) is 0 Å². The van der Waals surface area contributed by atoms with E-state index in [-0.39, 0.29) is 11.5 Å². The monoisotopic (exact) mass is 293 g/mol. The molecule has 0 saturated carbocycles. The van der Waals surface area contributed by atoms with E-state index in [2.05, 4.69) is 40.5 Å². The molecule has 0 bridgehead atoms. The molecule has 6 nitrogen and oxygen atoms in total. The van der Waals surface area contributed by atoms with Crippen LogP contribution in [0.5, 0.6) is 0 Å². The summed E-state index contributed by atoms with van der Waals surface area (Å²) in [6.07, 6.45) is -0.305. The molecule has 1 aromatic rings. The first-order valence-corrected chi connectivity index (χ1v) is 7.52. The summed E-state index contributed by atoms with van der Waals surface area (Å²) in [5.74, 6) is 1.23. The first-order valence-electron chi connectivity index (χ1n) is 7.52. The summed E-state index contributed by atoms with van der Waals surface area (Å²) < 4.78 is 0. The summed E-state index contributed by atoms with van der Waals surface area (Å²) in [7, 11) is 0. The van der Waals surface area contributed by atoms with Crippen molar-refractivity contribution in [1.82, 2.24) is 14.9 Å². The zero-order valence-electron chi connectivity index (χ0n) is 13.5. The molecule has 0 amide bonds. The van der Waals surface area contributed by atoms with Crippen LogP contribution in [0.15, 0.2) is 6.07 Å². The Labute approximate surface area is 127 Å². The number of aromatic nitrogens is 2. The Morgan fingerprint density at radius 1 is 1.24 bits per heavy atom. The predicted octanol–water partition coefficient (Wildman–Crippen LogP) is 0.896. The molecule has 1 unspecified atom stereocenters. The van der Waals surface area contributed by atoms with Gasteiger partial charge < -0.3 is 15.7 Å². The van der Waals surface area contributed by atoms with Gasteiger partial charge in [-0.2, -0.15) is 4.98 Å². The quantitative estimate of drug-likeness (QED) is 0.862. The second kappa shape index (κ2) is 6.15. The molecule has 1 aliphatic rings. The van der Waals surface area contributed by atoms with Crippen molar-refractivity contribution in [3.8, 4) is 0 Å². The van der Waals surface area contributed by atoms with Crippen LogP contribution in [-0.2, 0) is 0 Å². The number of hydrogen-bond acceptors (Lipinski definition) is 6. The van der Waals surface area contributed by atoms with E-state index in [4.69, 9.17) is 5.73 Å². The van der Waals surface area contributed by atoms with Crippen LogP contribution >= 0.6 is 0 Å². The van der Waals surface area contributed by atoms with Gasteiger partial charge in [0.2, 0.25) is 5.95 Å². The lowest BCUT2D eigenvalue weighted by atomic mass is 9.89. The molecular formula is C15H27N5O. The Morgan fingerprint density at radius 3 is 2.38 bits per heavy atom. The molecular weight excluding hydrogens is 266 g/mol. The van der Waals surface area contributed by atoms with Gasteiger partial charge in [-0.3, -0.25) is 4.90 Å². The van der Waals surface area contributed by atoms with E-state index in [0.29, 0.717) is 5.95 Å². The largest absolute Gasteiger partial charge is 0.391 e. The molecule has 2 rings (SSSR count). The Balaban J connectivity index is 1.91. The topological polar surface area (TPSA) is 78.5 Å². The molecule has 0 spiro atoms. The third-order valence-corrected chi connectivity index (χ3v) is 3.99. The molecule has 21 heavy (non-hydrogen) atoms. The van der Waals surface area contributed by atoms with Crippen LogP contribution in [-0.4, -0.2) is 58.8 Å². The number of β-amino-alcohol motifs (C(OH)–C–C–N with tert-alkyl or cyclic N) is 1. The summed E-state index contributed by atoms with van der Waals surface area (Å²) in [6.45, 7) is 12.5. The first kappa shape index (κ1) is 16.0. The van der Waals surface area contributed by atoms with Crippen molar-refractivity contribution in [1.29, 1.82) is 0 Å². The minimum Gasteiger partial charge on any atom is -0.391 e. The smallest absolute Gasteiger partial charge is 0.222 e. The maximum Gasteiger partial charge on any atom is 0.222 e. The maximum absolute atomic E-state index is 10.2. The predicted molar refractivity (Wildman–Crippen MR) is 85.3 cm³/mol. The van der Waals surface area contributed by atoms with Gasteiger partial charge in [-0.25, -0.2) is 4.98 Å². The van der Waals surface area contributed by atoms with E-state index in [0.717, 1.165) is 44.2 Å². The van der Waals surface area contributed by atoms with E-state index < -0.39 is 0 Å². The lowest BCUT2D eigenvalue weighted by Crippen LogP contribution is -2.50. The minimum atomic E-state index is -0.305. The number of aryl methyl sites for hydroxylation is 1. The highest BCUT2D eigenvalue weighted by Gasteiger charge is 2.26. The average Bonchev–Trinajstić information content (AvgIpc) is 2.37. The van der Waals surface area contributed by atoms with E-state index in [9.17, 15) is 5.11 Å². The van der Waals surface area contributed by atoms with Crippen LogP contribution in [0, 0.1) is 12.3 Å². The third-order valence-electron chi connectivity index (χ3n) is 3.99.